The van der Waals surface area contributed by atoms with Gasteiger partial charge in [-0.1, -0.05) is 35.3 Å². The topological polar surface area (TPSA) is 54.6 Å². The van der Waals surface area contributed by atoms with Gasteiger partial charge in [0.05, 0.1) is 16.8 Å². The summed E-state index contributed by atoms with van der Waals surface area (Å²) in [6, 6.07) is 15.7. The van der Waals surface area contributed by atoms with E-state index in [0.717, 1.165) is 5.56 Å². The van der Waals surface area contributed by atoms with Crippen LogP contribution < -0.4 is 5.43 Å². The fraction of sp³-hybridized carbons (Fsp3) is 0. The van der Waals surface area contributed by atoms with Gasteiger partial charge in [0.25, 0.3) is 5.91 Å². The van der Waals surface area contributed by atoms with E-state index in [4.69, 9.17) is 27.6 Å². The predicted octanol–water partition coefficient (Wildman–Crippen LogP) is 5.78. The van der Waals surface area contributed by atoms with Crippen molar-refractivity contribution in [3.05, 3.63) is 80.4 Å². The highest BCUT2D eigenvalue weighted by Gasteiger charge is 2.09. The van der Waals surface area contributed by atoms with Gasteiger partial charge in [-0.3, -0.25) is 4.79 Å². The van der Waals surface area contributed by atoms with Crippen LogP contribution in [0.25, 0.3) is 11.3 Å². The monoisotopic (exact) mass is 436 g/mol. The molecule has 1 heterocycles. The number of benzene rings is 2. The van der Waals surface area contributed by atoms with Gasteiger partial charge in [-0.15, -0.1) is 0 Å². The maximum atomic E-state index is 12.0. The quantitative estimate of drug-likeness (QED) is 0.415. The van der Waals surface area contributed by atoms with Gasteiger partial charge in [0.2, 0.25) is 0 Å². The summed E-state index contributed by atoms with van der Waals surface area (Å²) in [5.41, 5.74) is 3.67. The van der Waals surface area contributed by atoms with Crippen molar-refractivity contribution < 1.29 is 9.21 Å². The number of nitrogens with zero attached hydrogens (tertiary/aromatic N) is 1. The van der Waals surface area contributed by atoms with E-state index in [0.29, 0.717) is 31.6 Å². The van der Waals surface area contributed by atoms with Crippen LogP contribution in [-0.2, 0) is 0 Å². The predicted molar refractivity (Wildman–Crippen MR) is 103 cm³/mol. The first kappa shape index (κ1) is 17.7. The van der Waals surface area contributed by atoms with E-state index in [2.05, 4.69) is 26.5 Å². The van der Waals surface area contributed by atoms with Gasteiger partial charge in [-0.2, -0.15) is 5.10 Å². The second-order valence-corrected chi connectivity index (χ2v) is 6.70. The first-order valence-electron chi connectivity index (χ1n) is 7.18. The van der Waals surface area contributed by atoms with Gasteiger partial charge in [0.15, 0.2) is 0 Å². The number of amides is 1. The van der Waals surface area contributed by atoms with Crippen molar-refractivity contribution in [2.45, 2.75) is 0 Å². The van der Waals surface area contributed by atoms with E-state index < -0.39 is 0 Å². The van der Waals surface area contributed by atoms with Crippen LogP contribution in [-0.4, -0.2) is 12.1 Å². The lowest BCUT2D eigenvalue weighted by atomic mass is 10.2. The second kappa shape index (κ2) is 7.87. The Labute approximate surface area is 162 Å². The molecule has 1 aromatic heterocycles. The van der Waals surface area contributed by atoms with Crippen LogP contribution in [0.4, 0.5) is 0 Å². The van der Waals surface area contributed by atoms with Crippen molar-refractivity contribution in [1.29, 1.82) is 0 Å². The minimum absolute atomic E-state index is 0.323. The molecule has 4 nitrogen and oxygen atoms in total. The molecule has 0 bridgehead atoms. The van der Waals surface area contributed by atoms with Crippen LogP contribution >= 0.6 is 39.1 Å². The molecule has 0 atom stereocenters. The molecule has 0 saturated carbocycles. The van der Waals surface area contributed by atoms with E-state index >= 15 is 0 Å². The molecule has 0 fully saturated rings. The average molecular weight is 438 g/mol. The highest BCUT2D eigenvalue weighted by Crippen LogP contribution is 2.31. The average Bonchev–Trinajstić information content (AvgIpc) is 3.03. The Bertz CT molecular complexity index is 954. The van der Waals surface area contributed by atoms with Crippen LogP contribution in [0, 0.1) is 0 Å². The Morgan fingerprint density at radius 1 is 1.12 bits per heavy atom. The number of hydrogen-bond acceptors (Lipinski definition) is 3. The van der Waals surface area contributed by atoms with E-state index in [1.54, 1.807) is 48.5 Å². The molecule has 7 heteroatoms. The molecule has 0 aliphatic carbocycles. The van der Waals surface area contributed by atoms with Gasteiger partial charge < -0.3 is 4.42 Å². The molecule has 1 N–H and O–H groups in total. The Hall–Kier alpha value is -2.08. The van der Waals surface area contributed by atoms with Crippen molar-refractivity contribution in [3.63, 3.8) is 0 Å². The lowest BCUT2D eigenvalue weighted by molar-refractivity contribution is 0.0954. The zero-order valence-electron chi connectivity index (χ0n) is 12.7. The third-order valence-electron chi connectivity index (χ3n) is 3.30. The van der Waals surface area contributed by atoms with Crippen LogP contribution in [0.3, 0.4) is 0 Å². The van der Waals surface area contributed by atoms with Crippen molar-refractivity contribution in [3.8, 4) is 11.3 Å². The summed E-state index contributed by atoms with van der Waals surface area (Å²) >= 11 is 15.4. The normalized spacial score (nSPS) is 11.0. The summed E-state index contributed by atoms with van der Waals surface area (Å²) in [6.45, 7) is 0. The van der Waals surface area contributed by atoms with Crippen molar-refractivity contribution >= 4 is 51.3 Å². The maximum absolute atomic E-state index is 12.0. The minimum Gasteiger partial charge on any atom is -0.455 e. The highest BCUT2D eigenvalue weighted by atomic mass is 79.9. The van der Waals surface area contributed by atoms with Crippen molar-refractivity contribution in [2.75, 3.05) is 0 Å². The third-order valence-corrected chi connectivity index (χ3v) is 4.54. The van der Waals surface area contributed by atoms with Crippen molar-refractivity contribution in [1.82, 2.24) is 5.43 Å². The molecule has 0 aliphatic rings. The smallest absolute Gasteiger partial charge is 0.272 e. The Kier molecular flexibility index (Phi) is 5.58. The van der Waals surface area contributed by atoms with Gasteiger partial charge in [0, 0.05) is 15.1 Å². The number of hydrogen-bond donors (Lipinski definition) is 1. The Morgan fingerprint density at radius 2 is 1.92 bits per heavy atom. The van der Waals surface area contributed by atoms with Crippen LogP contribution in [0.5, 0.6) is 0 Å². The molecule has 3 aromatic rings. The molecule has 25 heavy (non-hydrogen) atoms. The molecule has 1 amide bonds. The number of rotatable bonds is 4. The Balaban J connectivity index is 1.70. The SMILES string of the molecule is O=C(NN=Cc1ccc(-c2ccc(Cl)cc2Cl)o1)c1ccccc1Br. The summed E-state index contributed by atoms with van der Waals surface area (Å²) < 4.78 is 6.36. The molecule has 0 saturated heterocycles. The summed E-state index contributed by atoms with van der Waals surface area (Å²) in [5.74, 6) is 0.741. The van der Waals surface area contributed by atoms with Gasteiger partial charge in [0.1, 0.15) is 11.5 Å². The summed E-state index contributed by atoms with van der Waals surface area (Å²) in [6.07, 6.45) is 1.42. The third kappa shape index (κ3) is 4.31. The standard InChI is InChI=1S/C18H11BrCl2N2O2/c19-15-4-2-1-3-13(15)18(24)23-22-10-12-6-8-17(25-12)14-7-5-11(20)9-16(14)21/h1-10H,(H,23,24). The van der Waals surface area contributed by atoms with E-state index in [-0.39, 0.29) is 5.91 Å². The molecule has 126 valence electrons. The van der Waals surface area contributed by atoms with Gasteiger partial charge in [-0.05, 0) is 58.4 Å². The van der Waals surface area contributed by atoms with Crippen LogP contribution in [0.2, 0.25) is 10.0 Å². The number of hydrazone groups is 1. The lowest BCUT2D eigenvalue weighted by Gasteiger charge is -2.01. The summed E-state index contributed by atoms with van der Waals surface area (Å²) in [7, 11) is 0. The molecular weight excluding hydrogens is 427 g/mol. The van der Waals surface area contributed by atoms with E-state index in [1.165, 1.54) is 6.21 Å². The number of furan rings is 1. The fourth-order valence-electron chi connectivity index (χ4n) is 2.12. The zero-order chi connectivity index (χ0) is 17.8. The molecular formula is C18H11BrCl2N2O2. The van der Waals surface area contributed by atoms with Gasteiger partial charge >= 0.3 is 0 Å². The van der Waals surface area contributed by atoms with Crippen molar-refractivity contribution in [2.24, 2.45) is 5.10 Å². The molecule has 0 spiro atoms. The van der Waals surface area contributed by atoms with E-state index in [9.17, 15) is 4.79 Å². The summed E-state index contributed by atoms with van der Waals surface area (Å²) in [4.78, 5) is 12.0. The molecule has 0 radical (unpaired) electrons. The van der Waals surface area contributed by atoms with Crippen LogP contribution in [0.1, 0.15) is 16.1 Å². The molecule has 3 rings (SSSR count). The Morgan fingerprint density at radius 3 is 2.68 bits per heavy atom. The highest BCUT2D eigenvalue weighted by molar-refractivity contribution is 9.10. The first-order chi connectivity index (χ1) is 12.0. The second-order valence-electron chi connectivity index (χ2n) is 5.01. The number of carbonyl (C=O) groups excluding carboxylic acids is 1. The largest absolute Gasteiger partial charge is 0.455 e. The molecule has 2 aromatic carbocycles. The lowest BCUT2D eigenvalue weighted by Crippen LogP contribution is -2.17. The summed E-state index contributed by atoms with van der Waals surface area (Å²) in [5, 5.41) is 4.96. The molecule has 0 unspecified atom stereocenters. The minimum atomic E-state index is -0.323. The first-order valence-corrected chi connectivity index (χ1v) is 8.72. The number of carbonyl (C=O) groups is 1. The molecule has 0 aliphatic heterocycles. The fourth-order valence-corrected chi connectivity index (χ4v) is 3.08. The zero-order valence-corrected chi connectivity index (χ0v) is 15.8. The van der Waals surface area contributed by atoms with Gasteiger partial charge in [-0.25, -0.2) is 5.43 Å². The van der Waals surface area contributed by atoms with E-state index in [1.807, 2.05) is 6.07 Å². The number of nitrogens with one attached hydrogen (secondary N) is 1. The maximum Gasteiger partial charge on any atom is 0.272 e. The van der Waals surface area contributed by atoms with Crippen LogP contribution in [0.15, 0.2) is 68.6 Å². The number of halogens is 3.